The van der Waals surface area contributed by atoms with Gasteiger partial charge in [-0.25, -0.2) is 0 Å². The van der Waals surface area contributed by atoms with Crippen LogP contribution in [0.2, 0.25) is 0 Å². The number of furan rings is 1. The molecule has 1 aliphatic rings. The van der Waals surface area contributed by atoms with E-state index in [-0.39, 0.29) is 17.3 Å². The summed E-state index contributed by atoms with van der Waals surface area (Å²) >= 11 is 1.42. The van der Waals surface area contributed by atoms with Crippen molar-refractivity contribution >= 4 is 17.7 Å². The smallest absolute Gasteiger partial charge is 0.319 e. The Morgan fingerprint density at radius 1 is 1.23 bits per heavy atom. The number of carbonyl (C=O) groups is 1. The Balaban J connectivity index is 1.70. The second-order valence-electron chi connectivity index (χ2n) is 6.36. The minimum atomic E-state index is -0.248. The van der Waals surface area contributed by atoms with Crippen molar-refractivity contribution in [2.45, 2.75) is 43.3 Å². The quantitative estimate of drug-likeness (QED) is 0.639. The molecule has 0 saturated carbocycles. The first-order chi connectivity index (χ1) is 12.6. The molecule has 0 N–H and O–H groups in total. The number of benzene rings is 1. The average Bonchev–Trinajstić information content (AvgIpc) is 3.29. The third kappa shape index (κ3) is 3.26. The summed E-state index contributed by atoms with van der Waals surface area (Å²) in [5, 5.41) is 9.20. The van der Waals surface area contributed by atoms with Gasteiger partial charge in [0.05, 0.1) is 18.4 Å². The Labute approximate surface area is 155 Å². The van der Waals surface area contributed by atoms with Gasteiger partial charge in [0, 0.05) is 6.42 Å². The minimum Gasteiger partial charge on any atom is -0.469 e. The second-order valence-corrected chi connectivity index (χ2v) is 7.53. The molecule has 0 aliphatic carbocycles. The lowest BCUT2D eigenvalue weighted by Crippen LogP contribution is -2.12. The van der Waals surface area contributed by atoms with E-state index in [0.29, 0.717) is 18.1 Å². The van der Waals surface area contributed by atoms with Gasteiger partial charge in [-0.3, -0.25) is 9.36 Å². The summed E-state index contributed by atoms with van der Waals surface area (Å²) in [5.41, 5.74) is 2.04. The molecule has 3 heterocycles. The lowest BCUT2D eigenvalue weighted by atomic mass is 10.2. The van der Waals surface area contributed by atoms with Gasteiger partial charge in [-0.1, -0.05) is 42.1 Å². The number of aromatic nitrogens is 3. The largest absolute Gasteiger partial charge is 0.469 e. The summed E-state index contributed by atoms with van der Waals surface area (Å²) in [6.45, 7) is 4.43. The highest BCUT2D eigenvalue weighted by Crippen LogP contribution is 2.34. The first-order valence-corrected chi connectivity index (χ1v) is 9.38. The predicted octanol–water partition coefficient (Wildman–Crippen LogP) is 3.69. The highest BCUT2D eigenvalue weighted by molar-refractivity contribution is 8.00. The number of thioether (sulfide) groups is 1. The third-order valence-corrected chi connectivity index (χ3v) is 5.56. The van der Waals surface area contributed by atoms with Crippen LogP contribution in [0.3, 0.4) is 0 Å². The Kier molecular flexibility index (Phi) is 4.55. The Bertz CT molecular complexity index is 919. The van der Waals surface area contributed by atoms with E-state index in [1.54, 1.807) is 6.26 Å². The summed E-state index contributed by atoms with van der Waals surface area (Å²) in [6, 6.07) is 12.0. The van der Waals surface area contributed by atoms with Crippen LogP contribution in [0.1, 0.15) is 24.7 Å². The maximum Gasteiger partial charge on any atom is 0.319 e. The van der Waals surface area contributed by atoms with Crippen LogP contribution >= 0.6 is 11.8 Å². The average molecular weight is 369 g/mol. The number of hydrogen-bond donors (Lipinski definition) is 0. The number of esters is 1. The predicted molar refractivity (Wildman–Crippen MR) is 97.8 cm³/mol. The van der Waals surface area contributed by atoms with E-state index in [2.05, 4.69) is 22.3 Å². The highest BCUT2D eigenvalue weighted by atomic mass is 32.2. The SMILES string of the molecule is Cc1occc1-c1nnc(SC2CC(C)OC2=O)n1Cc1ccccc1. The van der Waals surface area contributed by atoms with E-state index in [1.165, 1.54) is 11.8 Å². The molecule has 2 aromatic heterocycles. The van der Waals surface area contributed by atoms with Crippen molar-refractivity contribution in [2.75, 3.05) is 0 Å². The number of carbonyl (C=O) groups excluding carboxylic acids is 1. The normalized spacial score (nSPS) is 19.7. The monoisotopic (exact) mass is 369 g/mol. The molecule has 0 amide bonds. The fourth-order valence-corrected chi connectivity index (χ4v) is 4.18. The van der Waals surface area contributed by atoms with Crippen molar-refractivity contribution in [1.29, 1.82) is 0 Å². The van der Waals surface area contributed by atoms with Gasteiger partial charge in [0.2, 0.25) is 0 Å². The van der Waals surface area contributed by atoms with Gasteiger partial charge in [-0.2, -0.15) is 0 Å². The third-order valence-electron chi connectivity index (χ3n) is 4.37. The number of aryl methyl sites for hydroxylation is 1. The molecule has 6 nitrogen and oxygen atoms in total. The van der Waals surface area contributed by atoms with E-state index in [1.807, 2.05) is 42.7 Å². The van der Waals surface area contributed by atoms with Gasteiger partial charge < -0.3 is 9.15 Å². The number of ether oxygens (including phenoxy) is 1. The van der Waals surface area contributed by atoms with Crippen molar-refractivity contribution in [3.8, 4) is 11.4 Å². The molecule has 0 spiro atoms. The molecule has 4 rings (SSSR count). The Morgan fingerprint density at radius 3 is 2.69 bits per heavy atom. The van der Waals surface area contributed by atoms with Crippen molar-refractivity contribution in [3.05, 3.63) is 54.0 Å². The van der Waals surface area contributed by atoms with E-state index >= 15 is 0 Å². The van der Waals surface area contributed by atoms with Crippen LogP contribution in [0.5, 0.6) is 0 Å². The summed E-state index contributed by atoms with van der Waals surface area (Å²) in [5.74, 6) is 1.34. The fourth-order valence-electron chi connectivity index (χ4n) is 3.04. The summed E-state index contributed by atoms with van der Waals surface area (Å²) < 4.78 is 12.7. The number of hydrogen-bond acceptors (Lipinski definition) is 6. The topological polar surface area (TPSA) is 70.2 Å². The molecule has 7 heteroatoms. The van der Waals surface area contributed by atoms with Crippen molar-refractivity contribution in [3.63, 3.8) is 0 Å². The van der Waals surface area contributed by atoms with Crippen LogP contribution in [-0.2, 0) is 16.1 Å². The van der Waals surface area contributed by atoms with Crippen LogP contribution in [0.25, 0.3) is 11.4 Å². The molecule has 3 aromatic rings. The first kappa shape index (κ1) is 16.9. The fraction of sp³-hybridized carbons (Fsp3) is 0.316. The lowest BCUT2D eigenvalue weighted by Gasteiger charge is -2.11. The molecule has 1 aromatic carbocycles. The van der Waals surface area contributed by atoms with E-state index in [9.17, 15) is 4.79 Å². The van der Waals surface area contributed by atoms with E-state index < -0.39 is 0 Å². The summed E-state index contributed by atoms with van der Waals surface area (Å²) in [4.78, 5) is 12.0. The summed E-state index contributed by atoms with van der Waals surface area (Å²) in [6.07, 6.45) is 2.28. The van der Waals surface area contributed by atoms with Crippen molar-refractivity contribution in [2.24, 2.45) is 0 Å². The zero-order valence-electron chi connectivity index (χ0n) is 14.6. The van der Waals surface area contributed by atoms with Gasteiger partial charge in [-0.15, -0.1) is 10.2 Å². The first-order valence-electron chi connectivity index (χ1n) is 8.50. The molecule has 134 valence electrons. The minimum absolute atomic E-state index is 0.0546. The molecule has 2 unspecified atom stereocenters. The lowest BCUT2D eigenvalue weighted by molar-refractivity contribution is -0.140. The molecule has 2 atom stereocenters. The van der Waals surface area contributed by atoms with Gasteiger partial charge in [0.15, 0.2) is 11.0 Å². The Hall–Kier alpha value is -2.54. The van der Waals surface area contributed by atoms with E-state index in [4.69, 9.17) is 9.15 Å². The van der Waals surface area contributed by atoms with Crippen molar-refractivity contribution < 1.29 is 13.9 Å². The molecule has 0 bridgehead atoms. The Morgan fingerprint density at radius 2 is 2.04 bits per heavy atom. The van der Waals surface area contributed by atoms with Crippen LogP contribution in [0.4, 0.5) is 0 Å². The maximum absolute atomic E-state index is 12.0. The molecule has 1 fully saturated rings. The maximum atomic E-state index is 12.0. The molecule has 1 saturated heterocycles. The van der Waals surface area contributed by atoms with E-state index in [0.717, 1.165) is 22.7 Å². The molecule has 26 heavy (non-hydrogen) atoms. The zero-order valence-corrected chi connectivity index (χ0v) is 15.4. The molecular formula is C19H19N3O3S. The van der Waals surface area contributed by atoms with Crippen LogP contribution in [-0.4, -0.2) is 32.1 Å². The number of nitrogens with zero attached hydrogens (tertiary/aromatic N) is 3. The van der Waals surface area contributed by atoms with Gasteiger partial charge in [0.1, 0.15) is 17.1 Å². The standard InChI is InChI=1S/C19H19N3O3S/c1-12-10-16(18(23)25-12)26-19-21-20-17(15-8-9-24-13(15)2)22(19)11-14-6-4-3-5-7-14/h3-9,12,16H,10-11H2,1-2H3. The number of rotatable bonds is 5. The second kappa shape index (κ2) is 6.99. The van der Waals surface area contributed by atoms with Crippen LogP contribution in [0.15, 0.2) is 52.2 Å². The molecule has 1 aliphatic heterocycles. The number of cyclic esters (lactones) is 1. The highest BCUT2D eigenvalue weighted by Gasteiger charge is 2.34. The van der Waals surface area contributed by atoms with Crippen LogP contribution < -0.4 is 0 Å². The van der Waals surface area contributed by atoms with Gasteiger partial charge in [-0.05, 0) is 25.5 Å². The van der Waals surface area contributed by atoms with Gasteiger partial charge >= 0.3 is 5.97 Å². The van der Waals surface area contributed by atoms with Crippen molar-refractivity contribution in [1.82, 2.24) is 14.8 Å². The van der Waals surface area contributed by atoms with Gasteiger partial charge in [0.25, 0.3) is 0 Å². The van der Waals surface area contributed by atoms with Crippen LogP contribution in [0, 0.1) is 6.92 Å². The molecular weight excluding hydrogens is 350 g/mol. The zero-order chi connectivity index (χ0) is 18.1. The summed E-state index contributed by atoms with van der Waals surface area (Å²) in [7, 11) is 0. The molecule has 0 radical (unpaired) electrons.